The lowest BCUT2D eigenvalue weighted by molar-refractivity contribution is 0.403. The van der Waals surface area contributed by atoms with Gasteiger partial charge in [0.05, 0.1) is 6.26 Å². The van der Waals surface area contributed by atoms with Crippen molar-refractivity contribution in [2.24, 2.45) is 7.05 Å². The topological polar surface area (TPSA) is 43.0 Å². The van der Waals surface area contributed by atoms with Crippen LogP contribution >= 0.6 is 11.3 Å². The Bertz CT molecular complexity index is 643. The van der Waals surface area contributed by atoms with Crippen LogP contribution in [0.5, 0.6) is 0 Å². The zero-order valence-electron chi connectivity index (χ0n) is 11.5. The van der Waals surface area contributed by atoms with Crippen molar-refractivity contribution in [3.8, 4) is 0 Å². The van der Waals surface area contributed by atoms with Crippen LogP contribution in [0.25, 0.3) is 0 Å². The number of nitrogens with zero attached hydrogens (tertiary/aromatic N) is 2. The number of nitrogens with one attached hydrogen (secondary N) is 1. The van der Waals surface area contributed by atoms with Crippen LogP contribution in [0.4, 0.5) is 0 Å². The van der Waals surface area contributed by atoms with Gasteiger partial charge in [0.15, 0.2) is 0 Å². The van der Waals surface area contributed by atoms with E-state index in [4.69, 9.17) is 4.42 Å². The number of imidazole rings is 1. The summed E-state index contributed by atoms with van der Waals surface area (Å²) >= 11 is 1.71. The molecule has 0 fully saturated rings. The molecule has 0 aliphatic rings. The second-order valence-corrected chi connectivity index (χ2v) is 5.57. The van der Waals surface area contributed by atoms with Crippen LogP contribution in [0, 0.1) is 0 Å². The van der Waals surface area contributed by atoms with Gasteiger partial charge in [-0.15, -0.1) is 0 Å². The predicted molar refractivity (Wildman–Crippen MR) is 79.6 cm³/mol. The second kappa shape index (κ2) is 5.64. The first-order chi connectivity index (χ1) is 9.75. The molecule has 0 spiro atoms. The first-order valence-electron chi connectivity index (χ1n) is 6.54. The lowest BCUT2D eigenvalue weighted by atomic mass is 10.1. The molecule has 0 radical (unpaired) electrons. The summed E-state index contributed by atoms with van der Waals surface area (Å²) in [6.45, 7) is 2.15. The molecule has 3 aromatic rings. The lowest BCUT2D eigenvalue weighted by Crippen LogP contribution is -2.27. The van der Waals surface area contributed by atoms with Crippen LogP contribution in [0.2, 0.25) is 0 Å². The summed E-state index contributed by atoms with van der Waals surface area (Å²) in [5, 5.41) is 7.85. The summed E-state index contributed by atoms with van der Waals surface area (Å²) < 4.78 is 7.59. The molecule has 4 nitrogen and oxygen atoms in total. The Morgan fingerprint density at radius 3 is 2.90 bits per heavy atom. The molecule has 0 bridgehead atoms. The van der Waals surface area contributed by atoms with Crippen molar-refractivity contribution < 1.29 is 4.42 Å². The Labute approximate surface area is 122 Å². The van der Waals surface area contributed by atoms with Crippen LogP contribution in [0.3, 0.4) is 0 Å². The molecule has 0 saturated carbocycles. The summed E-state index contributed by atoms with van der Waals surface area (Å²) in [6, 6.07) is 6.20. The van der Waals surface area contributed by atoms with Crippen LogP contribution in [-0.2, 0) is 7.05 Å². The highest BCUT2D eigenvalue weighted by molar-refractivity contribution is 7.07. The normalized spacial score (nSPS) is 14.3. The van der Waals surface area contributed by atoms with E-state index < -0.39 is 0 Å². The van der Waals surface area contributed by atoms with Gasteiger partial charge < -0.3 is 8.98 Å². The predicted octanol–water partition coefficient (Wildman–Crippen LogP) is 3.51. The molecule has 0 aliphatic heterocycles. The first-order valence-corrected chi connectivity index (χ1v) is 7.48. The lowest BCUT2D eigenvalue weighted by Gasteiger charge is -2.21. The SMILES string of the molecule is CC(NC(c1ccco1)c1nccn1C)c1ccsc1. The van der Waals surface area contributed by atoms with Crippen molar-refractivity contribution in [3.63, 3.8) is 0 Å². The molecule has 3 heterocycles. The third kappa shape index (κ3) is 2.55. The Hall–Kier alpha value is -1.85. The minimum absolute atomic E-state index is 0.0556. The molecule has 104 valence electrons. The molecule has 20 heavy (non-hydrogen) atoms. The number of hydrogen-bond acceptors (Lipinski definition) is 4. The van der Waals surface area contributed by atoms with Crippen LogP contribution in [-0.4, -0.2) is 9.55 Å². The van der Waals surface area contributed by atoms with E-state index in [9.17, 15) is 0 Å². The standard InChI is InChI=1S/C15H17N3OS/c1-11(12-5-9-20-10-12)17-14(13-4-3-8-19-13)15-16-6-7-18(15)2/h3-11,14,17H,1-2H3. The molecule has 0 saturated heterocycles. The van der Waals surface area contributed by atoms with Gasteiger partial charge in [0.1, 0.15) is 17.6 Å². The highest BCUT2D eigenvalue weighted by atomic mass is 32.1. The van der Waals surface area contributed by atoms with E-state index in [0.29, 0.717) is 0 Å². The summed E-state index contributed by atoms with van der Waals surface area (Å²) in [5.41, 5.74) is 1.28. The smallest absolute Gasteiger partial charge is 0.133 e. The molecule has 3 aromatic heterocycles. The van der Waals surface area contributed by atoms with E-state index in [-0.39, 0.29) is 12.1 Å². The fourth-order valence-corrected chi connectivity index (χ4v) is 3.02. The molecule has 2 unspecified atom stereocenters. The van der Waals surface area contributed by atoms with Crippen molar-refractivity contribution in [2.75, 3.05) is 0 Å². The zero-order chi connectivity index (χ0) is 13.9. The van der Waals surface area contributed by atoms with E-state index in [2.05, 4.69) is 34.1 Å². The van der Waals surface area contributed by atoms with Crippen molar-refractivity contribution in [1.82, 2.24) is 14.9 Å². The number of thiophene rings is 1. The van der Waals surface area contributed by atoms with Crippen LogP contribution in [0.1, 0.15) is 36.2 Å². The number of rotatable bonds is 5. The third-order valence-electron chi connectivity index (χ3n) is 3.40. The van der Waals surface area contributed by atoms with E-state index in [0.717, 1.165) is 11.6 Å². The van der Waals surface area contributed by atoms with Crippen molar-refractivity contribution in [3.05, 3.63) is 64.8 Å². The Kier molecular flexibility index (Phi) is 3.71. The van der Waals surface area contributed by atoms with Crippen LogP contribution in [0.15, 0.2) is 52.0 Å². The second-order valence-electron chi connectivity index (χ2n) is 4.79. The van der Waals surface area contributed by atoms with Gasteiger partial charge in [-0.05, 0) is 41.4 Å². The quantitative estimate of drug-likeness (QED) is 0.781. The first kappa shape index (κ1) is 13.1. The minimum atomic E-state index is -0.0556. The summed E-state index contributed by atoms with van der Waals surface area (Å²) in [4.78, 5) is 4.45. The van der Waals surface area contributed by atoms with Gasteiger partial charge >= 0.3 is 0 Å². The molecule has 2 atom stereocenters. The van der Waals surface area contributed by atoms with Crippen molar-refractivity contribution >= 4 is 11.3 Å². The highest BCUT2D eigenvalue weighted by Crippen LogP contribution is 2.25. The maximum atomic E-state index is 5.58. The van der Waals surface area contributed by atoms with Gasteiger partial charge in [0.25, 0.3) is 0 Å². The maximum absolute atomic E-state index is 5.58. The number of aromatic nitrogens is 2. The van der Waals surface area contributed by atoms with Crippen molar-refractivity contribution in [1.29, 1.82) is 0 Å². The summed E-state index contributed by atoms with van der Waals surface area (Å²) in [5.74, 6) is 1.82. The van der Waals surface area contributed by atoms with Gasteiger partial charge in [-0.25, -0.2) is 4.98 Å². The Morgan fingerprint density at radius 2 is 2.30 bits per heavy atom. The van der Waals surface area contributed by atoms with E-state index in [1.807, 2.05) is 36.1 Å². The van der Waals surface area contributed by atoms with Gasteiger partial charge in [-0.2, -0.15) is 11.3 Å². The average Bonchev–Trinajstić information content (AvgIpc) is 3.18. The van der Waals surface area contributed by atoms with E-state index in [1.165, 1.54) is 5.56 Å². The summed E-state index contributed by atoms with van der Waals surface area (Å²) in [7, 11) is 2.00. The third-order valence-corrected chi connectivity index (χ3v) is 4.11. The number of aryl methyl sites for hydroxylation is 1. The van der Waals surface area contributed by atoms with Crippen molar-refractivity contribution in [2.45, 2.75) is 19.0 Å². The van der Waals surface area contributed by atoms with Gasteiger partial charge in [0, 0.05) is 25.5 Å². The zero-order valence-corrected chi connectivity index (χ0v) is 12.3. The van der Waals surface area contributed by atoms with Gasteiger partial charge in [-0.3, -0.25) is 5.32 Å². The molecule has 5 heteroatoms. The maximum Gasteiger partial charge on any atom is 0.133 e. The fraction of sp³-hybridized carbons (Fsp3) is 0.267. The molecular formula is C15H17N3OS. The molecule has 1 N–H and O–H groups in total. The van der Waals surface area contributed by atoms with Crippen LogP contribution < -0.4 is 5.32 Å². The molecule has 0 aromatic carbocycles. The summed E-state index contributed by atoms with van der Waals surface area (Å²) in [6.07, 6.45) is 5.45. The van der Waals surface area contributed by atoms with Gasteiger partial charge in [0.2, 0.25) is 0 Å². The van der Waals surface area contributed by atoms with E-state index >= 15 is 0 Å². The minimum Gasteiger partial charge on any atom is -0.467 e. The monoisotopic (exact) mass is 287 g/mol. The van der Waals surface area contributed by atoms with Gasteiger partial charge in [-0.1, -0.05) is 0 Å². The average molecular weight is 287 g/mol. The fourth-order valence-electron chi connectivity index (χ4n) is 2.26. The molecule has 0 aliphatic carbocycles. The Balaban J connectivity index is 1.89. The number of hydrogen-bond donors (Lipinski definition) is 1. The molecular weight excluding hydrogens is 270 g/mol. The highest BCUT2D eigenvalue weighted by Gasteiger charge is 2.23. The largest absolute Gasteiger partial charge is 0.467 e. The number of furan rings is 1. The van der Waals surface area contributed by atoms with E-state index in [1.54, 1.807) is 17.6 Å². The molecule has 3 rings (SSSR count). The molecule has 0 amide bonds. The Morgan fingerprint density at radius 1 is 1.40 bits per heavy atom.